The number of nitrogens with zero attached hydrogens (tertiary/aromatic N) is 1. The standard InChI is InChI=1S/C21H29N3O2S/c1-4-15(3)22-21(27)24(13-18-9-6-10-26-18)12-17-11-16-8-5-7-14(2)19(16)23-20(17)25/h5,7-8,11,15,18H,4,6,9-10,12-13H2,1-3H3,(H,22,27)(H,23,25)/t15-,18+/m1/s1. The predicted octanol–water partition coefficient (Wildman–Crippen LogP) is 3.49. The van der Waals surface area contributed by atoms with Crippen molar-refractivity contribution in [1.82, 2.24) is 15.2 Å². The number of aromatic amines is 1. The second-order valence-electron chi connectivity index (χ2n) is 7.44. The molecule has 1 aliphatic rings. The van der Waals surface area contributed by atoms with Crippen molar-refractivity contribution in [3.8, 4) is 0 Å². The molecule has 0 amide bonds. The van der Waals surface area contributed by atoms with E-state index in [9.17, 15) is 4.79 Å². The molecule has 1 aliphatic heterocycles. The highest BCUT2D eigenvalue weighted by molar-refractivity contribution is 7.80. The number of benzene rings is 1. The SMILES string of the molecule is CC[C@@H](C)NC(=S)N(Cc1cc2cccc(C)c2[nH]c1=O)C[C@@H]1CCCO1. The minimum Gasteiger partial charge on any atom is -0.376 e. The third kappa shape index (κ3) is 4.87. The Balaban J connectivity index is 1.86. The summed E-state index contributed by atoms with van der Waals surface area (Å²) in [6.45, 7) is 8.23. The number of pyridine rings is 1. The fraction of sp³-hybridized carbons (Fsp3) is 0.524. The van der Waals surface area contributed by atoms with Crippen LogP contribution < -0.4 is 10.9 Å². The van der Waals surface area contributed by atoms with Crippen LogP contribution in [0.1, 0.15) is 44.2 Å². The summed E-state index contributed by atoms with van der Waals surface area (Å²) < 4.78 is 5.80. The van der Waals surface area contributed by atoms with Gasteiger partial charge in [-0.05, 0) is 62.3 Å². The molecule has 0 aliphatic carbocycles. The third-order valence-electron chi connectivity index (χ3n) is 5.24. The number of H-pyrrole nitrogens is 1. The molecule has 6 heteroatoms. The molecule has 5 nitrogen and oxygen atoms in total. The molecule has 27 heavy (non-hydrogen) atoms. The van der Waals surface area contributed by atoms with Crippen LogP contribution in [0.2, 0.25) is 0 Å². The number of rotatable bonds is 6. The zero-order valence-corrected chi connectivity index (χ0v) is 17.2. The summed E-state index contributed by atoms with van der Waals surface area (Å²) in [5, 5.41) is 5.11. The first kappa shape index (κ1) is 19.8. The topological polar surface area (TPSA) is 57.4 Å². The van der Waals surface area contributed by atoms with Crippen LogP contribution in [0, 0.1) is 6.92 Å². The molecule has 146 valence electrons. The van der Waals surface area contributed by atoms with Gasteiger partial charge < -0.3 is 19.9 Å². The Morgan fingerprint density at radius 2 is 2.30 bits per heavy atom. The molecule has 0 spiro atoms. The van der Waals surface area contributed by atoms with E-state index in [4.69, 9.17) is 17.0 Å². The maximum Gasteiger partial charge on any atom is 0.253 e. The Hall–Kier alpha value is -1.92. The Morgan fingerprint density at radius 3 is 3.00 bits per heavy atom. The van der Waals surface area contributed by atoms with E-state index in [0.29, 0.717) is 24.2 Å². The zero-order valence-electron chi connectivity index (χ0n) is 16.4. The molecule has 0 saturated carbocycles. The maximum absolute atomic E-state index is 12.7. The highest BCUT2D eigenvalue weighted by atomic mass is 32.1. The first-order chi connectivity index (χ1) is 13.0. The van der Waals surface area contributed by atoms with Gasteiger partial charge in [-0.15, -0.1) is 0 Å². The summed E-state index contributed by atoms with van der Waals surface area (Å²) in [5.41, 5.74) is 2.64. The zero-order chi connectivity index (χ0) is 19.4. The van der Waals surface area contributed by atoms with Gasteiger partial charge in [-0.2, -0.15) is 0 Å². The number of fused-ring (bicyclic) bond motifs is 1. The fourth-order valence-corrected chi connectivity index (χ4v) is 3.75. The summed E-state index contributed by atoms with van der Waals surface area (Å²) in [6.07, 6.45) is 3.28. The van der Waals surface area contributed by atoms with Crippen molar-refractivity contribution < 1.29 is 4.74 Å². The molecular formula is C21H29N3O2S. The van der Waals surface area contributed by atoms with Gasteiger partial charge in [0, 0.05) is 24.8 Å². The van der Waals surface area contributed by atoms with Crippen molar-refractivity contribution in [3.63, 3.8) is 0 Å². The molecular weight excluding hydrogens is 358 g/mol. The Bertz CT molecular complexity index is 858. The van der Waals surface area contributed by atoms with Crippen molar-refractivity contribution in [2.75, 3.05) is 13.2 Å². The lowest BCUT2D eigenvalue weighted by atomic mass is 10.1. The molecule has 3 rings (SSSR count). The Labute approximate surface area is 166 Å². The van der Waals surface area contributed by atoms with Gasteiger partial charge in [-0.1, -0.05) is 25.1 Å². The van der Waals surface area contributed by atoms with Crippen LogP contribution in [0.4, 0.5) is 0 Å². The Kier molecular flexibility index (Phi) is 6.50. The molecule has 2 heterocycles. The van der Waals surface area contributed by atoms with Crippen LogP contribution >= 0.6 is 12.2 Å². The first-order valence-electron chi connectivity index (χ1n) is 9.76. The number of aromatic nitrogens is 1. The number of thiocarbonyl (C=S) groups is 1. The number of hydrogen-bond acceptors (Lipinski definition) is 3. The molecule has 1 saturated heterocycles. The lowest BCUT2D eigenvalue weighted by Crippen LogP contribution is -2.46. The number of ether oxygens (including phenoxy) is 1. The summed E-state index contributed by atoms with van der Waals surface area (Å²) in [6, 6.07) is 8.32. The van der Waals surface area contributed by atoms with Crippen LogP contribution in [0.25, 0.3) is 10.9 Å². The van der Waals surface area contributed by atoms with Gasteiger partial charge in [0.05, 0.1) is 18.2 Å². The number of para-hydroxylation sites is 1. The lowest BCUT2D eigenvalue weighted by molar-refractivity contribution is 0.0895. The molecule has 2 N–H and O–H groups in total. The van der Waals surface area contributed by atoms with E-state index in [2.05, 4.69) is 29.0 Å². The molecule has 0 bridgehead atoms. The predicted molar refractivity (Wildman–Crippen MR) is 114 cm³/mol. The van der Waals surface area contributed by atoms with Crippen LogP contribution in [0.15, 0.2) is 29.1 Å². The van der Waals surface area contributed by atoms with Crippen molar-refractivity contribution in [1.29, 1.82) is 0 Å². The highest BCUT2D eigenvalue weighted by Crippen LogP contribution is 2.18. The van der Waals surface area contributed by atoms with E-state index in [1.54, 1.807) is 0 Å². The van der Waals surface area contributed by atoms with Crippen LogP contribution in [-0.2, 0) is 11.3 Å². The summed E-state index contributed by atoms with van der Waals surface area (Å²) in [7, 11) is 0. The first-order valence-corrected chi connectivity index (χ1v) is 10.2. The highest BCUT2D eigenvalue weighted by Gasteiger charge is 2.22. The van der Waals surface area contributed by atoms with Gasteiger partial charge in [-0.25, -0.2) is 0 Å². The average molecular weight is 388 g/mol. The van der Waals surface area contributed by atoms with Crippen LogP contribution in [0.5, 0.6) is 0 Å². The summed E-state index contributed by atoms with van der Waals surface area (Å²) in [5.74, 6) is 0. The van der Waals surface area contributed by atoms with Gasteiger partial charge in [0.1, 0.15) is 0 Å². The monoisotopic (exact) mass is 387 g/mol. The summed E-state index contributed by atoms with van der Waals surface area (Å²) >= 11 is 5.66. The number of aryl methyl sites for hydroxylation is 1. The minimum absolute atomic E-state index is 0.0551. The number of nitrogens with one attached hydrogen (secondary N) is 2. The Morgan fingerprint density at radius 1 is 1.48 bits per heavy atom. The van der Waals surface area contributed by atoms with Gasteiger partial charge >= 0.3 is 0 Å². The minimum atomic E-state index is -0.0551. The molecule has 1 fully saturated rings. The second kappa shape index (κ2) is 8.85. The molecule has 1 aromatic heterocycles. The molecule has 2 aromatic rings. The van der Waals surface area contributed by atoms with Crippen molar-refractivity contribution in [2.45, 2.75) is 58.7 Å². The van der Waals surface area contributed by atoms with E-state index in [-0.39, 0.29) is 11.7 Å². The quantitative estimate of drug-likeness (QED) is 0.743. The number of hydrogen-bond donors (Lipinski definition) is 2. The van der Waals surface area contributed by atoms with E-state index in [1.807, 2.05) is 31.2 Å². The van der Waals surface area contributed by atoms with Crippen LogP contribution in [0.3, 0.4) is 0 Å². The smallest absolute Gasteiger partial charge is 0.253 e. The fourth-order valence-electron chi connectivity index (χ4n) is 3.41. The van der Waals surface area contributed by atoms with Crippen molar-refractivity contribution in [3.05, 3.63) is 45.7 Å². The summed E-state index contributed by atoms with van der Waals surface area (Å²) in [4.78, 5) is 17.8. The lowest BCUT2D eigenvalue weighted by Gasteiger charge is -2.29. The van der Waals surface area contributed by atoms with Crippen molar-refractivity contribution in [2.24, 2.45) is 0 Å². The molecule has 0 unspecified atom stereocenters. The third-order valence-corrected chi connectivity index (χ3v) is 5.62. The van der Waals surface area contributed by atoms with E-state index in [0.717, 1.165) is 47.9 Å². The average Bonchev–Trinajstić information content (AvgIpc) is 3.15. The van der Waals surface area contributed by atoms with Gasteiger partial charge in [0.15, 0.2) is 5.11 Å². The van der Waals surface area contributed by atoms with Gasteiger partial charge in [-0.3, -0.25) is 4.79 Å². The van der Waals surface area contributed by atoms with E-state index in [1.165, 1.54) is 0 Å². The molecule has 1 aromatic carbocycles. The normalized spacial score (nSPS) is 17.8. The second-order valence-corrected chi connectivity index (χ2v) is 7.82. The van der Waals surface area contributed by atoms with Crippen LogP contribution in [-0.4, -0.2) is 40.3 Å². The van der Waals surface area contributed by atoms with E-state index >= 15 is 0 Å². The van der Waals surface area contributed by atoms with Gasteiger partial charge in [0.25, 0.3) is 5.56 Å². The largest absolute Gasteiger partial charge is 0.376 e. The van der Waals surface area contributed by atoms with Gasteiger partial charge in [0.2, 0.25) is 0 Å². The van der Waals surface area contributed by atoms with E-state index < -0.39 is 0 Å². The molecule has 0 radical (unpaired) electrons. The van der Waals surface area contributed by atoms with Crippen molar-refractivity contribution >= 4 is 28.2 Å². The molecule has 2 atom stereocenters. The maximum atomic E-state index is 12.7.